The van der Waals surface area contributed by atoms with Crippen LogP contribution < -0.4 is 0 Å². The van der Waals surface area contributed by atoms with Crippen LogP contribution in [0.1, 0.15) is 80.1 Å². The van der Waals surface area contributed by atoms with E-state index in [4.69, 9.17) is 4.43 Å². The quantitative estimate of drug-likeness (QED) is 0.194. The van der Waals surface area contributed by atoms with Crippen molar-refractivity contribution in [1.29, 1.82) is 0 Å². The van der Waals surface area contributed by atoms with Crippen LogP contribution in [-0.4, -0.2) is 33.3 Å². The van der Waals surface area contributed by atoms with Gasteiger partial charge in [-0.1, -0.05) is 0 Å². The zero-order valence-electron chi connectivity index (χ0n) is 18.6. The molecule has 0 atom stereocenters. The van der Waals surface area contributed by atoms with Gasteiger partial charge in [0, 0.05) is 0 Å². The van der Waals surface area contributed by atoms with Gasteiger partial charge in [-0.3, -0.25) is 0 Å². The van der Waals surface area contributed by atoms with Crippen LogP contribution in [0.3, 0.4) is 0 Å². The number of hydrogen-bond donors (Lipinski definition) is 0. The fourth-order valence-electron chi connectivity index (χ4n) is 2.93. The number of hydrogen-bond acceptors (Lipinski definition) is 1. The van der Waals surface area contributed by atoms with E-state index >= 15 is 0 Å². The Morgan fingerprint density at radius 1 is 0.880 bits per heavy atom. The van der Waals surface area contributed by atoms with Gasteiger partial charge in [0.2, 0.25) is 0 Å². The molecule has 0 saturated heterocycles. The van der Waals surface area contributed by atoms with Crippen LogP contribution in [0, 0.1) is 0 Å². The first-order chi connectivity index (χ1) is 11.6. The van der Waals surface area contributed by atoms with E-state index in [1.807, 2.05) is 0 Å². The molecule has 0 amide bonds. The van der Waals surface area contributed by atoms with Gasteiger partial charge in [-0.05, 0) is 0 Å². The van der Waals surface area contributed by atoms with Gasteiger partial charge < -0.3 is 0 Å². The summed E-state index contributed by atoms with van der Waals surface area (Å²) in [6, 6.07) is 0. The normalized spacial score (nSPS) is 12.8. The van der Waals surface area contributed by atoms with Crippen molar-refractivity contribution in [3.8, 4) is 0 Å². The average Bonchev–Trinajstić information content (AvgIpc) is 2.54. The van der Waals surface area contributed by atoms with E-state index in [0.717, 1.165) is 6.61 Å². The molecule has 0 bridgehead atoms. The first-order valence-electron chi connectivity index (χ1n) is 10.7. The summed E-state index contributed by atoms with van der Waals surface area (Å²) in [5.74, 6) is 0. The van der Waals surface area contributed by atoms with Gasteiger partial charge in [-0.15, -0.1) is 0 Å². The van der Waals surface area contributed by atoms with Crippen molar-refractivity contribution in [2.24, 2.45) is 0 Å². The fraction of sp³-hybridized carbons (Fsp3) is 0.864. The molecule has 0 aliphatic rings. The van der Waals surface area contributed by atoms with Crippen molar-refractivity contribution in [3.63, 3.8) is 0 Å². The molecule has 1 nitrogen and oxygen atoms in total. The molecule has 3 heteroatoms. The van der Waals surface area contributed by atoms with Crippen LogP contribution in [0.15, 0.2) is 15.9 Å². The SMILES string of the molecule is CCC[CH2][Sn]([CH]=C=CCO[Si](C)(C)C(C)(C)C)([CH2]CCC)[CH2]CCC. The van der Waals surface area contributed by atoms with Crippen LogP contribution in [0.4, 0.5) is 0 Å². The molecule has 0 rings (SSSR count). The van der Waals surface area contributed by atoms with Gasteiger partial charge >= 0.3 is 165 Å². The molecule has 0 aliphatic heterocycles. The second-order valence-electron chi connectivity index (χ2n) is 9.26. The Morgan fingerprint density at radius 3 is 1.68 bits per heavy atom. The van der Waals surface area contributed by atoms with Crippen LogP contribution in [0.25, 0.3) is 0 Å². The van der Waals surface area contributed by atoms with Crippen molar-refractivity contribution in [2.75, 3.05) is 6.61 Å². The summed E-state index contributed by atoms with van der Waals surface area (Å²) in [6.07, 6.45) is 10.4. The molecule has 0 heterocycles. The third-order valence-electron chi connectivity index (χ3n) is 5.93. The van der Waals surface area contributed by atoms with Crippen molar-refractivity contribution in [3.05, 3.63) is 15.9 Å². The van der Waals surface area contributed by atoms with Crippen LogP contribution in [0.2, 0.25) is 31.4 Å². The van der Waals surface area contributed by atoms with Gasteiger partial charge in [0.05, 0.1) is 0 Å². The summed E-state index contributed by atoms with van der Waals surface area (Å²) in [4.78, 5) is 0. The summed E-state index contributed by atoms with van der Waals surface area (Å²) in [7, 11) is -1.63. The Balaban J connectivity index is 5.02. The summed E-state index contributed by atoms with van der Waals surface area (Å²) in [5.41, 5.74) is 3.62. The monoisotopic (exact) mass is 474 g/mol. The topological polar surface area (TPSA) is 9.23 Å². The van der Waals surface area contributed by atoms with Gasteiger partial charge in [-0.25, -0.2) is 0 Å². The summed E-state index contributed by atoms with van der Waals surface area (Å²) in [5, 5.41) is 0.289. The van der Waals surface area contributed by atoms with E-state index in [9.17, 15) is 0 Å². The molecule has 25 heavy (non-hydrogen) atoms. The Morgan fingerprint density at radius 2 is 1.32 bits per heavy atom. The molecule has 0 saturated carbocycles. The molecule has 0 aromatic rings. The number of unbranched alkanes of at least 4 members (excludes halogenated alkanes) is 3. The Labute approximate surface area is 164 Å². The molecular weight excluding hydrogens is 427 g/mol. The zero-order valence-corrected chi connectivity index (χ0v) is 22.5. The summed E-state index contributed by atoms with van der Waals surface area (Å²) in [6.45, 7) is 19.3. The van der Waals surface area contributed by atoms with E-state index in [-0.39, 0.29) is 5.04 Å². The molecule has 148 valence electrons. The molecule has 0 aromatic heterocycles. The molecule has 0 fully saturated rings. The molecular formula is C22H46OSiSn. The van der Waals surface area contributed by atoms with E-state index in [1.165, 1.54) is 51.8 Å². The third-order valence-corrected chi connectivity index (χ3v) is 24.2. The Kier molecular flexibility index (Phi) is 13.1. The molecule has 0 radical (unpaired) electrons. The maximum atomic E-state index is 6.28. The summed E-state index contributed by atoms with van der Waals surface area (Å²) >= 11 is -2.15. The molecule has 0 unspecified atom stereocenters. The molecule has 0 N–H and O–H groups in total. The van der Waals surface area contributed by atoms with Crippen LogP contribution in [-0.2, 0) is 4.43 Å². The Bertz CT molecular complexity index is 381. The van der Waals surface area contributed by atoms with Gasteiger partial charge in [0.25, 0.3) is 0 Å². The van der Waals surface area contributed by atoms with Gasteiger partial charge in [0.1, 0.15) is 0 Å². The molecule has 0 aromatic carbocycles. The van der Waals surface area contributed by atoms with Crippen molar-refractivity contribution in [2.45, 2.75) is 112 Å². The van der Waals surface area contributed by atoms with Crippen LogP contribution in [0.5, 0.6) is 0 Å². The van der Waals surface area contributed by atoms with Crippen LogP contribution >= 0.6 is 0 Å². The van der Waals surface area contributed by atoms with Gasteiger partial charge in [0.15, 0.2) is 0 Å². The molecule has 0 aliphatic carbocycles. The third kappa shape index (κ3) is 10.4. The minimum absolute atomic E-state index is 0.289. The standard InChI is InChI=1S/C10H19OSi.3C4H9.Sn/c1-7-8-9-11-12(5,6)10(2,3)4;3*1-3-4-2;/h1,8H,9H2,2-6H3;3*1,3-4H2,2H3;. The van der Waals surface area contributed by atoms with Crippen molar-refractivity contribution < 1.29 is 4.43 Å². The second-order valence-corrected chi connectivity index (χ2v) is 27.0. The average molecular weight is 473 g/mol. The fourth-order valence-corrected chi connectivity index (χ4v) is 17.6. The van der Waals surface area contributed by atoms with Crippen molar-refractivity contribution >= 4 is 26.7 Å². The van der Waals surface area contributed by atoms with E-state index in [2.05, 4.69) is 70.5 Å². The van der Waals surface area contributed by atoms with E-state index in [0.29, 0.717) is 0 Å². The van der Waals surface area contributed by atoms with Crippen molar-refractivity contribution in [1.82, 2.24) is 0 Å². The van der Waals surface area contributed by atoms with E-state index < -0.39 is 26.7 Å². The Hall–Kier alpha value is 0.496. The summed E-state index contributed by atoms with van der Waals surface area (Å²) < 4.78 is 13.5. The first-order valence-corrected chi connectivity index (χ1v) is 21.3. The predicted octanol–water partition coefficient (Wildman–Crippen LogP) is 8.11. The predicted molar refractivity (Wildman–Crippen MR) is 121 cm³/mol. The maximum absolute atomic E-state index is 6.28. The molecule has 0 spiro atoms. The second kappa shape index (κ2) is 12.8. The first kappa shape index (κ1) is 25.5. The zero-order chi connectivity index (χ0) is 19.4. The van der Waals surface area contributed by atoms with E-state index in [1.54, 1.807) is 0 Å². The van der Waals surface area contributed by atoms with Gasteiger partial charge in [-0.2, -0.15) is 0 Å². The number of rotatable bonds is 13. The minimum atomic E-state index is -2.15.